The monoisotopic (exact) mass is 446 g/mol. The summed E-state index contributed by atoms with van der Waals surface area (Å²) in [6, 6.07) is 10.9. The van der Waals surface area contributed by atoms with E-state index in [0.29, 0.717) is 17.0 Å². The first-order valence-electron chi connectivity index (χ1n) is 10.8. The number of nitrogens with one attached hydrogen (secondary N) is 1. The van der Waals surface area contributed by atoms with E-state index in [0.717, 1.165) is 28.9 Å². The lowest BCUT2D eigenvalue weighted by Gasteiger charge is -2.20. The van der Waals surface area contributed by atoms with Crippen LogP contribution in [0, 0.1) is 11.3 Å². The molecule has 4 rings (SSSR count). The fourth-order valence-corrected chi connectivity index (χ4v) is 3.32. The van der Waals surface area contributed by atoms with Crippen LogP contribution in [0.15, 0.2) is 42.7 Å². The van der Waals surface area contributed by atoms with E-state index in [1.807, 2.05) is 6.07 Å². The Morgan fingerprint density at radius 3 is 2.70 bits per heavy atom. The Bertz CT molecular complexity index is 1240. The summed E-state index contributed by atoms with van der Waals surface area (Å²) in [4.78, 5) is 25.7. The first-order valence-corrected chi connectivity index (χ1v) is 10.8. The van der Waals surface area contributed by atoms with Crippen molar-refractivity contribution in [3.05, 3.63) is 59.5 Å². The Labute approximate surface area is 192 Å². The zero-order chi connectivity index (χ0) is 23.8. The lowest BCUT2D eigenvalue weighted by molar-refractivity contribution is -0.117. The maximum absolute atomic E-state index is 13.0. The Morgan fingerprint density at radius 1 is 1.27 bits per heavy atom. The van der Waals surface area contributed by atoms with E-state index in [-0.39, 0.29) is 11.7 Å². The predicted molar refractivity (Wildman–Crippen MR) is 121 cm³/mol. The smallest absolute Gasteiger partial charge is 0.437 e. The molecule has 1 amide bonds. The van der Waals surface area contributed by atoms with Crippen LogP contribution >= 0.6 is 0 Å². The molecule has 0 saturated heterocycles. The van der Waals surface area contributed by atoms with Crippen molar-refractivity contribution in [2.45, 2.75) is 58.0 Å². The average molecular weight is 447 g/mol. The molecule has 0 aliphatic heterocycles. The van der Waals surface area contributed by atoms with Crippen LogP contribution in [-0.4, -0.2) is 37.2 Å². The number of carbonyl (C=O) groups is 2. The number of aromatic nitrogens is 4. The van der Waals surface area contributed by atoms with Gasteiger partial charge in [0, 0.05) is 23.7 Å². The fourth-order valence-electron chi connectivity index (χ4n) is 3.32. The van der Waals surface area contributed by atoms with Gasteiger partial charge in [-0.15, -0.1) is 4.68 Å². The molecule has 0 bridgehead atoms. The highest BCUT2D eigenvalue weighted by Gasteiger charge is 2.31. The molecule has 1 unspecified atom stereocenters. The number of nitriles is 1. The molecule has 1 aliphatic rings. The Balaban J connectivity index is 1.53. The van der Waals surface area contributed by atoms with Crippen molar-refractivity contribution in [1.82, 2.24) is 19.6 Å². The molecule has 0 radical (unpaired) electrons. The summed E-state index contributed by atoms with van der Waals surface area (Å²) in [7, 11) is 0. The maximum atomic E-state index is 13.0. The molecule has 1 atom stereocenters. The van der Waals surface area contributed by atoms with Gasteiger partial charge in [0.1, 0.15) is 11.4 Å². The number of nitrogens with zero attached hydrogens (tertiary/aromatic N) is 5. The second-order valence-corrected chi connectivity index (χ2v) is 9.21. The molecule has 1 aliphatic carbocycles. The maximum Gasteiger partial charge on any atom is 0.437 e. The van der Waals surface area contributed by atoms with E-state index < -0.39 is 17.6 Å². The Kier molecular flexibility index (Phi) is 5.77. The number of anilines is 1. The molecule has 9 nitrogen and oxygen atoms in total. The summed E-state index contributed by atoms with van der Waals surface area (Å²) in [6.45, 7) is 7.10. The molecular weight excluding hydrogens is 420 g/mol. The molecule has 2 aromatic heterocycles. The molecule has 0 spiro atoms. The fraction of sp³-hybridized carbons (Fsp3) is 0.375. The summed E-state index contributed by atoms with van der Waals surface area (Å²) in [5, 5.41) is 20.6. The molecule has 33 heavy (non-hydrogen) atoms. The van der Waals surface area contributed by atoms with Gasteiger partial charge in [-0.25, -0.2) is 9.48 Å². The molecule has 9 heteroatoms. The molecule has 170 valence electrons. The van der Waals surface area contributed by atoms with Gasteiger partial charge in [0.25, 0.3) is 0 Å². The number of rotatable bonds is 5. The second-order valence-electron chi connectivity index (χ2n) is 9.21. The van der Waals surface area contributed by atoms with Crippen molar-refractivity contribution in [3.8, 4) is 11.8 Å². The van der Waals surface area contributed by atoms with Gasteiger partial charge in [0.05, 0.1) is 35.1 Å². The van der Waals surface area contributed by atoms with Crippen LogP contribution < -0.4 is 5.32 Å². The third-order valence-electron chi connectivity index (χ3n) is 5.28. The van der Waals surface area contributed by atoms with Crippen molar-refractivity contribution < 1.29 is 14.3 Å². The van der Waals surface area contributed by atoms with Gasteiger partial charge >= 0.3 is 6.09 Å². The minimum atomic E-state index is -0.686. The minimum Gasteiger partial charge on any atom is -0.442 e. The Morgan fingerprint density at radius 2 is 2.03 bits per heavy atom. The van der Waals surface area contributed by atoms with Crippen molar-refractivity contribution in [2.24, 2.45) is 0 Å². The van der Waals surface area contributed by atoms with E-state index >= 15 is 0 Å². The van der Waals surface area contributed by atoms with Crippen molar-refractivity contribution in [3.63, 3.8) is 0 Å². The molecule has 3 aromatic rings. The van der Waals surface area contributed by atoms with E-state index in [9.17, 15) is 9.59 Å². The van der Waals surface area contributed by atoms with Crippen LogP contribution in [0.2, 0.25) is 0 Å². The number of ether oxygens (including phenoxy) is 1. The molecule has 2 heterocycles. The molecule has 1 N–H and O–H groups in total. The number of carbonyl (C=O) groups excluding carboxylic acids is 2. The lowest BCUT2D eigenvalue weighted by atomic mass is 10.0. The van der Waals surface area contributed by atoms with Crippen LogP contribution in [0.4, 0.5) is 10.6 Å². The summed E-state index contributed by atoms with van der Waals surface area (Å²) in [6.07, 6.45) is 4.76. The van der Waals surface area contributed by atoms with Gasteiger partial charge in [-0.05, 0) is 58.7 Å². The zero-order valence-corrected chi connectivity index (χ0v) is 19.1. The average Bonchev–Trinajstić information content (AvgIpc) is 3.34. The normalized spacial score (nSPS) is 14.4. The van der Waals surface area contributed by atoms with Crippen LogP contribution in [0.5, 0.6) is 0 Å². The molecule has 1 fully saturated rings. The van der Waals surface area contributed by atoms with E-state index in [4.69, 9.17) is 10.00 Å². The topological polar surface area (TPSA) is 115 Å². The van der Waals surface area contributed by atoms with Crippen LogP contribution in [0.1, 0.15) is 69.2 Å². The SMILES string of the molecule is CC(C(=O)Nc1cc(C2CC2)nn1C(=O)OC(C)(C)C)c1cnn(-c2cccc(C#N)c2)c1. The second kappa shape index (κ2) is 8.54. The highest BCUT2D eigenvalue weighted by Crippen LogP contribution is 2.40. The van der Waals surface area contributed by atoms with Gasteiger partial charge in [-0.2, -0.15) is 15.5 Å². The first kappa shape index (κ1) is 22.3. The van der Waals surface area contributed by atoms with Crippen LogP contribution in [0.3, 0.4) is 0 Å². The molecule has 1 saturated carbocycles. The van der Waals surface area contributed by atoms with Crippen LogP contribution in [0.25, 0.3) is 5.69 Å². The van der Waals surface area contributed by atoms with E-state index in [1.165, 1.54) is 0 Å². The number of benzene rings is 1. The van der Waals surface area contributed by atoms with Gasteiger partial charge in [0.2, 0.25) is 5.91 Å². The minimum absolute atomic E-state index is 0.289. The van der Waals surface area contributed by atoms with Gasteiger partial charge in [-0.3, -0.25) is 4.79 Å². The standard InChI is InChI=1S/C24H26N6O3/c1-15(18-13-26-29(14-18)19-7-5-6-16(10-19)12-25)22(31)27-21-11-20(17-8-9-17)28-30(21)23(32)33-24(2,3)4/h5-7,10-11,13-15,17H,8-9H2,1-4H3,(H,27,31). The van der Waals surface area contributed by atoms with Crippen molar-refractivity contribution in [2.75, 3.05) is 5.32 Å². The van der Waals surface area contributed by atoms with Gasteiger partial charge < -0.3 is 10.1 Å². The lowest BCUT2D eigenvalue weighted by Crippen LogP contribution is -2.29. The number of hydrogen-bond donors (Lipinski definition) is 1. The van der Waals surface area contributed by atoms with Crippen LogP contribution in [-0.2, 0) is 9.53 Å². The van der Waals surface area contributed by atoms with Gasteiger partial charge in [0.15, 0.2) is 0 Å². The summed E-state index contributed by atoms with van der Waals surface area (Å²) < 4.78 is 8.20. The summed E-state index contributed by atoms with van der Waals surface area (Å²) in [5.41, 5.74) is 2.03. The summed E-state index contributed by atoms with van der Waals surface area (Å²) >= 11 is 0. The Hall–Kier alpha value is -3.93. The third kappa shape index (κ3) is 5.12. The predicted octanol–water partition coefficient (Wildman–Crippen LogP) is 4.34. The highest BCUT2D eigenvalue weighted by molar-refractivity contribution is 5.96. The summed E-state index contributed by atoms with van der Waals surface area (Å²) in [5.74, 6) is -0.238. The highest BCUT2D eigenvalue weighted by atomic mass is 16.6. The third-order valence-corrected chi connectivity index (χ3v) is 5.28. The first-order chi connectivity index (χ1) is 15.6. The van der Waals surface area contributed by atoms with Crippen molar-refractivity contribution in [1.29, 1.82) is 5.26 Å². The van der Waals surface area contributed by atoms with E-state index in [1.54, 1.807) is 69.0 Å². The zero-order valence-electron chi connectivity index (χ0n) is 19.1. The number of hydrogen-bond acceptors (Lipinski definition) is 6. The molecular formula is C24H26N6O3. The van der Waals surface area contributed by atoms with E-state index in [2.05, 4.69) is 21.6 Å². The van der Waals surface area contributed by atoms with Gasteiger partial charge in [-0.1, -0.05) is 6.07 Å². The van der Waals surface area contributed by atoms with Crippen molar-refractivity contribution >= 4 is 17.8 Å². The number of amides is 1. The molecule has 1 aromatic carbocycles. The quantitative estimate of drug-likeness (QED) is 0.623. The largest absolute Gasteiger partial charge is 0.442 e.